The van der Waals surface area contributed by atoms with Gasteiger partial charge in [0.25, 0.3) is 0 Å². The lowest BCUT2D eigenvalue weighted by atomic mass is 10.0. The van der Waals surface area contributed by atoms with E-state index in [1.807, 2.05) is 6.92 Å². The molecule has 0 atom stereocenters. The van der Waals surface area contributed by atoms with Crippen molar-refractivity contribution in [2.45, 2.75) is 33.2 Å². The molecule has 2 N–H and O–H groups in total. The van der Waals surface area contributed by atoms with Gasteiger partial charge in [-0.15, -0.1) is 11.3 Å². The Bertz CT molecular complexity index is 1420. The molecule has 0 aliphatic heterocycles. The van der Waals surface area contributed by atoms with Crippen LogP contribution in [-0.4, -0.2) is 24.5 Å². The van der Waals surface area contributed by atoms with Crippen LogP contribution in [-0.2, 0) is 5.54 Å². The number of nitrogen functional groups attached to an aromatic ring is 1. The summed E-state index contributed by atoms with van der Waals surface area (Å²) in [7, 11) is 0. The van der Waals surface area contributed by atoms with Gasteiger partial charge in [0.15, 0.2) is 0 Å². The zero-order valence-electron chi connectivity index (χ0n) is 18.5. The molecule has 7 heteroatoms. The van der Waals surface area contributed by atoms with Crippen LogP contribution in [0.5, 0.6) is 0 Å². The van der Waals surface area contributed by atoms with Crippen molar-refractivity contribution in [1.29, 1.82) is 0 Å². The van der Waals surface area contributed by atoms with Crippen molar-refractivity contribution in [3.63, 3.8) is 0 Å². The molecule has 160 valence electrons. The molecule has 5 rings (SSSR count). The molecule has 3 heterocycles. The summed E-state index contributed by atoms with van der Waals surface area (Å²) in [6.45, 7) is 8.64. The number of fused-ring (bicyclic) bond motifs is 1. The van der Waals surface area contributed by atoms with E-state index in [0.717, 1.165) is 49.8 Å². The van der Waals surface area contributed by atoms with Gasteiger partial charge in [-0.1, -0.05) is 30.3 Å². The molecule has 0 radical (unpaired) electrons. The lowest BCUT2D eigenvalue weighted by molar-refractivity contribution is 0.413. The number of nitrogens with zero attached hydrogens (tertiary/aromatic N) is 5. The van der Waals surface area contributed by atoms with E-state index in [0.29, 0.717) is 0 Å². The first-order valence-electron chi connectivity index (χ1n) is 10.4. The van der Waals surface area contributed by atoms with Gasteiger partial charge < -0.3 is 10.3 Å². The number of thiazole rings is 1. The maximum atomic E-state index is 5.65. The Balaban J connectivity index is 1.74. The summed E-state index contributed by atoms with van der Waals surface area (Å²) in [4.78, 5) is 18.1. The summed E-state index contributed by atoms with van der Waals surface area (Å²) in [6, 6.07) is 14.7. The summed E-state index contributed by atoms with van der Waals surface area (Å²) in [6.07, 6.45) is 3.48. The molecule has 0 unspecified atom stereocenters. The van der Waals surface area contributed by atoms with E-state index in [-0.39, 0.29) is 11.5 Å². The minimum Gasteiger partial charge on any atom is -0.368 e. The Morgan fingerprint density at radius 1 is 0.906 bits per heavy atom. The van der Waals surface area contributed by atoms with Gasteiger partial charge in [0, 0.05) is 40.0 Å². The molecule has 0 spiro atoms. The highest BCUT2D eigenvalue weighted by Gasteiger charge is 2.24. The molecule has 0 bridgehead atoms. The zero-order chi connectivity index (χ0) is 22.5. The molecular weight excluding hydrogens is 416 g/mol. The second-order valence-electron chi connectivity index (χ2n) is 8.77. The fraction of sp³-hybridized carbons (Fsp3) is 0.200. The normalized spacial score (nSPS) is 11.9. The van der Waals surface area contributed by atoms with Crippen molar-refractivity contribution in [3.8, 4) is 33.8 Å². The first kappa shape index (κ1) is 20.3. The van der Waals surface area contributed by atoms with Crippen molar-refractivity contribution in [2.75, 3.05) is 5.73 Å². The van der Waals surface area contributed by atoms with E-state index in [9.17, 15) is 0 Å². The van der Waals surface area contributed by atoms with E-state index < -0.39 is 0 Å². The van der Waals surface area contributed by atoms with Crippen molar-refractivity contribution in [3.05, 3.63) is 65.2 Å². The third-order valence-electron chi connectivity index (χ3n) is 5.39. The third kappa shape index (κ3) is 3.54. The number of aromatic nitrogens is 5. The van der Waals surface area contributed by atoms with E-state index in [1.54, 1.807) is 23.7 Å². The molecule has 2 aromatic carbocycles. The smallest absolute Gasteiger partial charge is 0.219 e. The second kappa shape index (κ2) is 7.53. The molecule has 32 heavy (non-hydrogen) atoms. The highest BCUT2D eigenvalue weighted by atomic mass is 32.1. The third-order valence-corrected chi connectivity index (χ3v) is 6.17. The first-order chi connectivity index (χ1) is 15.3. The lowest BCUT2D eigenvalue weighted by Crippen LogP contribution is -2.22. The average Bonchev–Trinajstić information content (AvgIpc) is 3.37. The quantitative estimate of drug-likeness (QED) is 0.376. The van der Waals surface area contributed by atoms with Crippen molar-refractivity contribution >= 4 is 28.3 Å². The van der Waals surface area contributed by atoms with Crippen LogP contribution in [0.1, 0.15) is 25.8 Å². The summed E-state index contributed by atoms with van der Waals surface area (Å²) in [5, 5.41) is 3.16. The fourth-order valence-electron chi connectivity index (χ4n) is 4.00. The number of benzene rings is 2. The predicted molar refractivity (Wildman–Crippen MR) is 131 cm³/mol. The largest absolute Gasteiger partial charge is 0.368 e. The van der Waals surface area contributed by atoms with Crippen molar-refractivity contribution in [1.82, 2.24) is 24.5 Å². The summed E-state index contributed by atoms with van der Waals surface area (Å²) < 4.78 is 2.31. The Kier molecular flexibility index (Phi) is 4.78. The topological polar surface area (TPSA) is 82.5 Å². The molecule has 6 nitrogen and oxygen atoms in total. The Hall–Kier alpha value is -3.58. The molecule has 0 saturated heterocycles. The molecular formula is C25H24N6S. The van der Waals surface area contributed by atoms with Crippen LogP contribution in [0, 0.1) is 6.92 Å². The van der Waals surface area contributed by atoms with Gasteiger partial charge >= 0.3 is 0 Å². The first-order valence-corrected chi connectivity index (χ1v) is 11.3. The van der Waals surface area contributed by atoms with Crippen molar-refractivity contribution < 1.29 is 0 Å². The predicted octanol–water partition coefficient (Wildman–Crippen LogP) is 5.93. The molecule has 0 amide bonds. The van der Waals surface area contributed by atoms with Gasteiger partial charge in [-0.25, -0.2) is 19.9 Å². The molecule has 0 aliphatic carbocycles. The molecule has 0 saturated carbocycles. The van der Waals surface area contributed by atoms with E-state index in [4.69, 9.17) is 15.7 Å². The summed E-state index contributed by atoms with van der Waals surface area (Å²) >= 11 is 1.66. The van der Waals surface area contributed by atoms with E-state index in [1.165, 1.54) is 0 Å². The minimum atomic E-state index is -0.166. The fourth-order valence-corrected chi connectivity index (χ4v) is 4.61. The average molecular weight is 441 g/mol. The number of hydrogen-bond donors (Lipinski definition) is 1. The van der Waals surface area contributed by atoms with Crippen LogP contribution in [0.4, 0.5) is 5.95 Å². The Morgan fingerprint density at radius 2 is 1.62 bits per heavy atom. The highest BCUT2D eigenvalue weighted by Crippen LogP contribution is 2.37. The maximum absolute atomic E-state index is 5.65. The van der Waals surface area contributed by atoms with Crippen LogP contribution in [0.15, 0.2) is 60.2 Å². The molecule has 0 aliphatic rings. The second-order valence-corrected chi connectivity index (χ2v) is 9.83. The zero-order valence-corrected chi connectivity index (χ0v) is 19.3. The Morgan fingerprint density at radius 3 is 2.28 bits per heavy atom. The van der Waals surface area contributed by atoms with Gasteiger partial charge in [0.1, 0.15) is 5.82 Å². The number of nitrogens with two attached hydrogens (primary N) is 1. The molecule has 0 fully saturated rings. The van der Waals surface area contributed by atoms with Crippen LogP contribution < -0.4 is 5.73 Å². The number of rotatable bonds is 3. The SMILES string of the molecule is Cc1nc(-c2ccccc2-c2nc3cc(-c4cnc(N)nc4)ccc3n2C(C)(C)C)cs1. The van der Waals surface area contributed by atoms with Crippen LogP contribution in [0.3, 0.4) is 0 Å². The van der Waals surface area contributed by atoms with Crippen molar-refractivity contribution in [2.24, 2.45) is 0 Å². The molecule has 5 aromatic rings. The highest BCUT2D eigenvalue weighted by molar-refractivity contribution is 7.09. The van der Waals surface area contributed by atoms with Gasteiger partial charge in [0.2, 0.25) is 5.95 Å². The van der Waals surface area contributed by atoms with Gasteiger partial charge in [-0.05, 0) is 45.4 Å². The van der Waals surface area contributed by atoms with Gasteiger partial charge in [-0.3, -0.25) is 0 Å². The van der Waals surface area contributed by atoms with Crippen LogP contribution in [0.2, 0.25) is 0 Å². The summed E-state index contributed by atoms with van der Waals surface area (Å²) in [5.41, 5.74) is 12.5. The van der Waals surface area contributed by atoms with Gasteiger partial charge in [0.05, 0.1) is 21.7 Å². The van der Waals surface area contributed by atoms with Gasteiger partial charge in [-0.2, -0.15) is 0 Å². The lowest BCUT2D eigenvalue weighted by Gasteiger charge is -2.25. The number of aryl methyl sites for hydroxylation is 1. The molecule has 3 aromatic heterocycles. The van der Waals surface area contributed by atoms with Crippen LogP contribution in [0.25, 0.3) is 44.8 Å². The minimum absolute atomic E-state index is 0.166. The number of anilines is 1. The van der Waals surface area contributed by atoms with Crippen LogP contribution >= 0.6 is 11.3 Å². The number of imidazole rings is 1. The Labute approximate surface area is 190 Å². The van der Waals surface area contributed by atoms with E-state index >= 15 is 0 Å². The monoisotopic (exact) mass is 440 g/mol. The van der Waals surface area contributed by atoms with E-state index in [2.05, 4.69) is 83.2 Å². The number of hydrogen-bond acceptors (Lipinski definition) is 6. The maximum Gasteiger partial charge on any atom is 0.219 e. The summed E-state index contributed by atoms with van der Waals surface area (Å²) in [5.74, 6) is 1.20. The standard InChI is InChI=1S/C25H24N6S/c1-15-29-21(14-32-15)18-7-5-6-8-19(18)23-30-20-11-16(17-12-27-24(26)28-13-17)9-10-22(20)31(23)25(2,3)4/h5-14H,1-4H3,(H2,26,27,28).